The highest BCUT2D eigenvalue weighted by molar-refractivity contribution is 5.69. The van der Waals surface area contributed by atoms with E-state index in [0.717, 1.165) is 7.11 Å². The summed E-state index contributed by atoms with van der Waals surface area (Å²) in [6, 6.07) is 0. The Hall–Kier alpha value is -2.26. The molecule has 0 saturated heterocycles. The molecule has 0 spiro atoms. The van der Waals surface area contributed by atoms with E-state index in [1.807, 2.05) is 0 Å². The first kappa shape index (κ1) is 15.7. The van der Waals surface area contributed by atoms with Crippen molar-refractivity contribution in [2.24, 2.45) is 0 Å². The predicted molar refractivity (Wildman–Crippen MR) is 54.8 cm³/mol. The molecule has 0 atom stereocenters. The topological polar surface area (TPSA) is 150 Å². The molecule has 0 unspecified atom stereocenters. The molecule has 102 valence electrons. The monoisotopic (exact) mass is 264 g/mol. The second-order valence-electron chi connectivity index (χ2n) is 3.47. The van der Waals surface area contributed by atoms with Gasteiger partial charge in [-0.3, -0.25) is 29.8 Å². The van der Waals surface area contributed by atoms with Gasteiger partial charge in [-0.25, -0.2) is 0 Å². The van der Waals surface area contributed by atoms with Crippen LogP contribution in [0.5, 0.6) is 0 Å². The van der Waals surface area contributed by atoms with Crippen LogP contribution in [0, 0.1) is 20.2 Å². The van der Waals surface area contributed by atoms with E-state index in [4.69, 9.17) is 5.11 Å². The maximum atomic E-state index is 10.9. The van der Waals surface area contributed by atoms with Crippen LogP contribution in [-0.2, 0) is 14.3 Å². The molecule has 0 aromatic heterocycles. The van der Waals surface area contributed by atoms with E-state index in [1.165, 1.54) is 0 Å². The minimum atomic E-state index is -2.67. The third kappa shape index (κ3) is 3.96. The second kappa shape index (κ2) is 6.47. The fourth-order valence-corrected chi connectivity index (χ4v) is 1.27. The number of esters is 1. The number of carboxylic acids is 1. The SMILES string of the molecule is COC(=O)CCC(CCC(=O)O)([N+](=O)[O-])[N+](=O)[O-]. The van der Waals surface area contributed by atoms with Gasteiger partial charge >= 0.3 is 17.6 Å². The van der Waals surface area contributed by atoms with Crippen molar-refractivity contribution in [1.29, 1.82) is 0 Å². The Labute approximate surface area is 101 Å². The number of hydrogen-bond donors (Lipinski definition) is 1. The summed E-state index contributed by atoms with van der Waals surface area (Å²) in [5, 5.41) is 30.0. The van der Waals surface area contributed by atoms with Gasteiger partial charge in [0, 0.05) is 0 Å². The van der Waals surface area contributed by atoms with Crippen molar-refractivity contribution in [3.63, 3.8) is 0 Å². The van der Waals surface area contributed by atoms with Crippen molar-refractivity contribution in [3.05, 3.63) is 20.2 Å². The smallest absolute Gasteiger partial charge is 0.459 e. The Morgan fingerprint density at radius 3 is 1.94 bits per heavy atom. The molecule has 0 amide bonds. The number of methoxy groups -OCH3 is 1. The van der Waals surface area contributed by atoms with Crippen molar-refractivity contribution in [2.45, 2.75) is 31.3 Å². The first-order valence-corrected chi connectivity index (χ1v) is 4.84. The summed E-state index contributed by atoms with van der Waals surface area (Å²) >= 11 is 0. The van der Waals surface area contributed by atoms with E-state index in [1.54, 1.807) is 0 Å². The van der Waals surface area contributed by atoms with Gasteiger partial charge in [0.05, 0.1) is 42.6 Å². The van der Waals surface area contributed by atoms with Gasteiger partial charge in [-0.1, -0.05) is 0 Å². The molecule has 0 rings (SSSR count). The molecule has 0 bridgehead atoms. The Kier molecular flexibility index (Phi) is 5.66. The molecule has 0 aliphatic rings. The number of nitrogens with zero attached hydrogens (tertiary/aromatic N) is 2. The van der Waals surface area contributed by atoms with Crippen molar-refractivity contribution < 1.29 is 29.3 Å². The first-order chi connectivity index (χ1) is 8.26. The molecule has 0 aromatic rings. The van der Waals surface area contributed by atoms with Crippen molar-refractivity contribution in [3.8, 4) is 0 Å². The molecular formula is C8H12N2O8. The average Bonchev–Trinajstić information content (AvgIpc) is 2.27. The molecule has 0 saturated carbocycles. The molecular weight excluding hydrogens is 252 g/mol. The minimum absolute atomic E-state index is 0.530. The predicted octanol–water partition coefficient (Wildman–Crippen LogP) is 0.0541. The lowest BCUT2D eigenvalue weighted by molar-refractivity contribution is -0.798. The molecule has 10 heteroatoms. The summed E-state index contributed by atoms with van der Waals surface area (Å²) in [5.41, 5.74) is -2.67. The van der Waals surface area contributed by atoms with Crippen molar-refractivity contribution in [2.75, 3.05) is 7.11 Å². The number of hydrogen-bond acceptors (Lipinski definition) is 7. The zero-order chi connectivity index (χ0) is 14.3. The standard InChI is InChI=1S/C8H12N2O8/c1-18-7(13)3-5-8(9(14)15,10(16)17)4-2-6(11)12/h2-5H2,1H3,(H,11,12). The minimum Gasteiger partial charge on any atom is -0.481 e. The van der Waals surface area contributed by atoms with E-state index in [2.05, 4.69) is 4.74 Å². The van der Waals surface area contributed by atoms with Crippen LogP contribution >= 0.6 is 0 Å². The van der Waals surface area contributed by atoms with Crippen LogP contribution in [0.2, 0.25) is 0 Å². The van der Waals surface area contributed by atoms with Crippen LogP contribution in [0.15, 0.2) is 0 Å². The van der Waals surface area contributed by atoms with Gasteiger partial charge in [-0.05, 0) is 0 Å². The second-order valence-corrected chi connectivity index (χ2v) is 3.47. The van der Waals surface area contributed by atoms with Gasteiger partial charge in [0.25, 0.3) is 0 Å². The summed E-state index contributed by atoms with van der Waals surface area (Å²) in [7, 11) is 1.04. The number of rotatable bonds is 8. The van der Waals surface area contributed by atoms with Crippen molar-refractivity contribution >= 4 is 11.9 Å². The molecule has 0 aliphatic carbocycles. The average molecular weight is 264 g/mol. The van der Waals surface area contributed by atoms with Crippen LogP contribution in [0.1, 0.15) is 25.7 Å². The number of carboxylic acid groups (broad SMARTS) is 1. The molecule has 0 fully saturated rings. The van der Waals surface area contributed by atoms with Gasteiger partial charge in [0.1, 0.15) is 0 Å². The van der Waals surface area contributed by atoms with E-state index < -0.39 is 53.1 Å². The summed E-state index contributed by atoms with van der Waals surface area (Å²) in [6.07, 6.45) is -2.77. The largest absolute Gasteiger partial charge is 0.481 e. The van der Waals surface area contributed by atoms with Gasteiger partial charge in [0.2, 0.25) is 0 Å². The molecule has 0 radical (unpaired) electrons. The lowest BCUT2D eigenvalue weighted by atomic mass is 9.99. The number of ether oxygens (including phenoxy) is 1. The van der Waals surface area contributed by atoms with Crippen molar-refractivity contribution in [1.82, 2.24) is 0 Å². The number of nitro groups is 2. The lowest BCUT2D eigenvalue weighted by Gasteiger charge is -2.15. The Morgan fingerprint density at radius 1 is 1.17 bits per heavy atom. The van der Waals surface area contributed by atoms with Gasteiger partial charge in [-0.15, -0.1) is 0 Å². The highest BCUT2D eigenvalue weighted by Crippen LogP contribution is 2.24. The van der Waals surface area contributed by atoms with Gasteiger partial charge in [0.15, 0.2) is 0 Å². The number of carbonyl (C=O) groups is 2. The highest BCUT2D eigenvalue weighted by atomic mass is 16.7. The van der Waals surface area contributed by atoms with Gasteiger partial charge in [-0.2, -0.15) is 0 Å². The van der Waals surface area contributed by atoms with Crippen LogP contribution in [0.4, 0.5) is 0 Å². The Morgan fingerprint density at radius 2 is 1.61 bits per heavy atom. The molecule has 0 aromatic carbocycles. The fourth-order valence-electron chi connectivity index (χ4n) is 1.27. The zero-order valence-corrected chi connectivity index (χ0v) is 9.53. The first-order valence-electron chi connectivity index (χ1n) is 4.84. The molecule has 1 N–H and O–H groups in total. The zero-order valence-electron chi connectivity index (χ0n) is 9.53. The third-order valence-corrected chi connectivity index (χ3v) is 2.38. The molecule has 18 heavy (non-hydrogen) atoms. The highest BCUT2D eigenvalue weighted by Gasteiger charge is 2.55. The van der Waals surface area contributed by atoms with E-state index in [-0.39, 0.29) is 0 Å². The Balaban J connectivity index is 4.98. The normalized spacial score (nSPS) is 10.7. The maximum absolute atomic E-state index is 10.9. The lowest BCUT2D eigenvalue weighted by Crippen LogP contribution is -2.47. The number of aliphatic carboxylic acids is 1. The maximum Gasteiger partial charge on any atom is 0.459 e. The quantitative estimate of drug-likeness (QED) is 0.279. The molecule has 10 nitrogen and oxygen atoms in total. The van der Waals surface area contributed by atoms with Crippen LogP contribution in [-0.4, -0.2) is 39.7 Å². The molecule has 0 heterocycles. The van der Waals surface area contributed by atoms with Gasteiger partial charge < -0.3 is 9.84 Å². The summed E-state index contributed by atoms with van der Waals surface area (Å²) in [5.74, 6) is -2.22. The summed E-state index contributed by atoms with van der Waals surface area (Å²) in [4.78, 5) is 40.5. The summed E-state index contributed by atoms with van der Waals surface area (Å²) in [6.45, 7) is 0. The fraction of sp³-hybridized carbons (Fsp3) is 0.750. The third-order valence-electron chi connectivity index (χ3n) is 2.38. The number of carbonyl (C=O) groups excluding carboxylic acids is 1. The van der Waals surface area contributed by atoms with Crippen LogP contribution in [0.25, 0.3) is 0 Å². The van der Waals surface area contributed by atoms with E-state index in [9.17, 15) is 29.8 Å². The van der Waals surface area contributed by atoms with E-state index in [0.29, 0.717) is 0 Å². The summed E-state index contributed by atoms with van der Waals surface area (Å²) < 4.78 is 4.23. The van der Waals surface area contributed by atoms with Crippen LogP contribution < -0.4 is 0 Å². The van der Waals surface area contributed by atoms with Crippen LogP contribution in [0.3, 0.4) is 0 Å². The molecule has 0 aliphatic heterocycles. The Bertz CT molecular complexity index is 352. The van der Waals surface area contributed by atoms with E-state index >= 15 is 0 Å².